The predicted molar refractivity (Wildman–Crippen MR) is 66.2 cm³/mol. The van der Waals surface area contributed by atoms with Crippen LogP contribution in [0.2, 0.25) is 0 Å². The van der Waals surface area contributed by atoms with Crippen LogP contribution in [0.1, 0.15) is 26.3 Å². The molecule has 0 amide bonds. The summed E-state index contributed by atoms with van der Waals surface area (Å²) >= 11 is 0. The molecule has 0 unspecified atom stereocenters. The van der Waals surface area contributed by atoms with Gasteiger partial charge in [0.05, 0.1) is 12.0 Å². The van der Waals surface area contributed by atoms with Crippen molar-refractivity contribution in [2.45, 2.75) is 32.9 Å². The SMILES string of the molecule is COc1ccc(CNC(C)(C)C)cc1[N+](=O)[O-]. The molecule has 0 spiro atoms. The van der Waals surface area contributed by atoms with Crippen molar-refractivity contribution in [3.8, 4) is 5.75 Å². The van der Waals surface area contributed by atoms with Crippen molar-refractivity contribution in [1.29, 1.82) is 0 Å². The molecule has 0 aliphatic heterocycles. The van der Waals surface area contributed by atoms with Gasteiger partial charge in [-0.25, -0.2) is 0 Å². The highest BCUT2D eigenvalue weighted by molar-refractivity contribution is 5.48. The van der Waals surface area contributed by atoms with E-state index in [-0.39, 0.29) is 17.0 Å². The van der Waals surface area contributed by atoms with E-state index in [0.717, 1.165) is 5.56 Å². The van der Waals surface area contributed by atoms with Gasteiger partial charge in [-0.1, -0.05) is 6.07 Å². The normalized spacial score (nSPS) is 11.3. The van der Waals surface area contributed by atoms with Gasteiger partial charge in [-0.2, -0.15) is 0 Å². The van der Waals surface area contributed by atoms with Gasteiger partial charge in [0.15, 0.2) is 5.75 Å². The van der Waals surface area contributed by atoms with Crippen molar-refractivity contribution in [3.05, 3.63) is 33.9 Å². The number of hydrogen-bond acceptors (Lipinski definition) is 4. The average Bonchev–Trinajstić information content (AvgIpc) is 2.25. The Morgan fingerprint density at radius 3 is 2.53 bits per heavy atom. The van der Waals surface area contributed by atoms with E-state index in [1.165, 1.54) is 13.2 Å². The molecule has 0 atom stereocenters. The number of benzene rings is 1. The summed E-state index contributed by atoms with van der Waals surface area (Å²) in [4.78, 5) is 10.4. The zero-order valence-electron chi connectivity index (χ0n) is 10.6. The minimum atomic E-state index is -0.431. The van der Waals surface area contributed by atoms with Crippen molar-refractivity contribution in [2.24, 2.45) is 0 Å². The summed E-state index contributed by atoms with van der Waals surface area (Å²) in [6, 6.07) is 4.99. The monoisotopic (exact) mass is 238 g/mol. The highest BCUT2D eigenvalue weighted by Crippen LogP contribution is 2.27. The van der Waals surface area contributed by atoms with Gasteiger partial charge < -0.3 is 10.1 Å². The molecule has 0 fully saturated rings. The Morgan fingerprint density at radius 2 is 2.06 bits per heavy atom. The van der Waals surface area contributed by atoms with Crippen molar-refractivity contribution >= 4 is 5.69 Å². The van der Waals surface area contributed by atoms with E-state index in [0.29, 0.717) is 6.54 Å². The average molecular weight is 238 g/mol. The smallest absolute Gasteiger partial charge is 0.311 e. The van der Waals surface area contributed by atoms with E-state index in [2.05, 4.69) is 5.32 Å². The molecule has 0 saturated carbocycles. The minimum Gasteiger partial charge on any atom is -0.490 e. The Bertz CT molecular complexity index is 411. The zero-order valence-corrected chi connectivity index (χ0v) is 10.6. The van der Waals surface area contributed by atoms with Gasteiger partial charge in [0.25, 0.3) is 0 Å². The van der Waals surface area contributed by atoms with Crippen LogP contribution in [0.4, 0.5) is 5.69 Å². The lowest BCUT2D eigenvalue weighted by molar-refractivity contribution is -0.385. The fourth-order valence-electron chi connectivity index (χ4n) is 1.36. The molecule has 0 heterocycles. The van der Waals surface area contributed by atoms with Gasteiger partial charge in [0, 0.05) is 18.2 Å². The highest BCUT2D eigenvalue weighted by Gasteiger charge is 2.16. The van der Waals surface area contributed by atoms with Crippen LogP contribution in [0.25, 0.3) is 0 Å². The van der Waals surface area contributed by atoms with Crippen LogP contribution in [0.15, 0.2) is 18.2 Å². The second-order valence-electron chi connectivity index (χ2n) is 4.87. The van der Waals surface area contributed by atoms with E-state index in [4.69, 9.17) is 4.74 Å². The van der Waals surface area contributed by atoms with Crippen LogP contribution in [0.5, 0.6) is 5.75 Å². The van der Waals surface area contributed by atoms with Gasteiger partial charge in [0.2, 0.25) is 0 Å². The quantitative estimate of drug-likeness (QED) is 0.646. The number of methoxy groups -OCH3 is 1. The number of ether oxygens (including phenoxy) is 1. The Labute approximate surface area is 101 Å². The first-order valence-electron chi connectivity index (χ1n) is 5.40. The number of nitro groups is 1. The number of nitrogens with one attached hydrogen (secondary N) is 1. The van der Waals surface area contributed by atoms with Crippen LogP contribution >= 0.6 is 0 Å². The van der Waals surface area contributed by atoms with Gasteiger partial charge in [-0.15, -0.1) is 0 Å². The van der Waals surface area contributed by atoms with E-state index in [1.54, 1.807) is 6.07 Å². The third kappa shape index (κ3) is 4.03. The van der Waals surface area contributed by atoms with E-state index in [1.807, 2.05) is 26.8 Å². The summed E-state index contributed by atoms with van der Waals surface area (Å²) < 4.78 is 4.94. The largest absolute Gasteiger partial charge is 0.490 e. The minimum absolute atomic E-state index is 0.000657. The van der Waals surface area contributed by atoms with E-state index in [9.17, 15) is 10.1 Å². The molecule has 1 aromatic carbocycles. The first-order valence-corrected chi connectivity index (χ1v) is 5.40. The second-order valence-corrected chi connectivity index (χ2v) is 4.87. The number of nitrogens with zero attached hydrogens (tertiary/aromatic N) is 1. The molecule has 0 aliphatic carbocycles. The van der Waals surface area contributed by atoms with Crippen molar-refractivity contribution in [1.82, 2.24) is 5.32 Å². The van der Waals surface area contributed by atoms with Crippen LogP contribution in [0.3, 0.4) is 0 Å². The van der Waals surface area contributed by atoms with Gasteiger partial charge in [-0.05, 0) is 32.4 Å². The molecule has 0 aliphatic rings. The molecule has 17 heavy (non-hydrogen) atoms. The van der Waals surface area contributed by atoms with Crippen LogP contribution in [-0.2, 0) is 6.54 Å². The standard InChI is InChI=1S/C12H18N2O3/c1-12(2,3)13-8-9-5-6-11(17-4)10(7-9)14(15)16/h5-7,13H,8H2,1-4H3. The molecule has 1 aromatic rings. The van der Waals surface area contributed by atoms with Crippen LogP contribution < -0.4 is 10.1 Å². The zero-order chi connectivity index (χ0) is 13.1. The molecule has 0 radical (unpaired) electrons. The molecule has 5 heteroatoms. The molecule has 1 N–H and O–H groups in total. The summed E-state index contributed by atoms with van der Waals surface area (Å²) in [6.45, 7) is 6.73. The molecule has 0 saturated heterocycles. The third-order valence-corrected chi connectivity index (χ3v) is 2.26. The van der Waals surface area contributed by atoms with Crippen molar-refractivity contribution in [2.75, 3.05) is 7.11 Å². The molecule has 0 aromatic heterocycles. The van der Waals surface area contributed by atoms with Gasteiger partial charge >= 0.3 is 5.69 Å². The maximum Gasteiger partial charge on any atom is 0.311 e. The molecule has 94 valence electrons. The lowest BCUT2D eigenvalue weighted by atomic mass is 10.1. The molecule has 5 nitrogen and oxygen atoms in total. The predicted octanol–water partition coefficient (Wildman–Crippen LogP) is 2.49. The summed E-state index contributed by atoms with van der Waals surface area (Å²) in [5.74, 6) is 0.287. The highest BCUT2D eigenvalue weighted by atomic mass is 16.6. The lowest BCUT2D eigenvalue weighted by Gasteiger charge is -2.20. The first-order chi connectivity index (χ1) is 7.83. The summed E-state index contributed by atoms with van der Waals surface area (Å²) in [7, 11) is 1.43. The first kappa shape index (κ1) is 13.4. The second kappa shape index (κ2) is 5.14. The maximum atomic E-state index is 10.8. The Hall–Kier alpha value is -1.62. The Balaban J connectivity index is 2.89. The summed E-state index contributed by atoms with van der Waals surface area (Å²) in [6.07, 6.45) is 0. The summed E-state index contributed by atoms with van der Waals surface area (Å²) in [5.41, 5.74) is 0.850. The lowest BCUT2D eigenvalue weighted by Crippen LogP contribution is -2.35. The van der Waals surface area contributed by atoms with Crippen LogP contribution in [-0.4, -0.2) is 17.6 Å². The van der Waals surface area contributed by atoms with Crippen LogP contribution in [0, 0.1) is 10.1 Å². The maximum absolute atomic E-state index is 10.8. The molecular weight excluding hydrogens is 220 g/mol. The van der Waals surface area contributed by atoms with Crippen molar-refractivity contribution < 1.29 is 9.66 Å². The topological polar surface area (TPSA) is 64.4 Å². The van der Waals surface area contributed by atoms with E-state index < -0.39 is 4.92 Å². The Kier molecular flexibility index (Phi) is 4.07. The summed E-state index contributed by atoms with van der Waals surface area (Å²) in [5, 5.41) is 14.1. The van der Waals surface area contributed by atoms with Crippen molar-refractivity contribution in [3.63, 3.8) is 0 Å². The number of nitro benzene ring substituents is 1. The molecule has 0 bridgehead atoms. The van der Waals surface area contributed by atoms with Gasteiger partial charge in [-0.3, -0.25) is 10.1 Å². The Morgan fingerprint density at radius 1 is 1.41 bits per heavy atom. The van der Waals surface area contributed by atoms with E-state index >= 15 is 0 Å². The molecule has 1 rings (SSSR count). The fraction of sp³-hybridized carbons (Fsp3) is 0.500. The fourth-order valence-corrected chi connectivity index (χ4v) is 1.36. The van der Waals surface area contributed by atoms with Gasteiger partial charge in [0.1, 0.15) is 0 Å². The third-order valence-electron chi connectivity index (χ3n) is 2.26. The number of hydrogen-bond donors (Lipinski definition) is 1. The molecular formula is C12H18N2O3. The number of rotatable bonds is 4.